The van der Waals surface area contributed by atoms with Gasteiger partial charge in [-0.05, 0) is 36.8 Å². The normalized spacial score (nSPS) is 25.6. The minimum atomic E-state index is -0.679. The molecular formula is C14H18BrN3O. The first-order valence-corrected chi connectivity index (χ1v) is 7.01. The Hall–Kier alpha value is -1.17. The Labute approximate surface area is 121 Å². The van der Waals surface area contributed by atoms with Crippen LogP contribution in [0.1, 0.15) is 12.5 Å². The van der Waals surface area contributed by atoms with Crippen LogP contribution in [-0.2, 0) is 6.42 Å². The van der Waals surface area contributed by atoms with Gasteiger partial charge < -0.3 is 16.2 Å². The van der Waals surface area contributed by atoms with E-state index >= 15 is 0 Å². The van der Waals surface area contributed by atoms with Gasteiger partial charge in [-0.2, -0.15) is 0 Å². The van der Waals surface area contributed by atoms with Crippen LogP contribution in [0.15, 0.2) is 39.8 Å². The van der Waals surface area contributed by atoms with Crippen LogP contribution in [0.2, 0.25) is 0 Å². The molecule has 0 fully saturated rings. The van der Waals surface area contributed by atoms with Crippen LogP contribution < -0.4 is 16.2 Å². The fraction of sp³-hybridized carbons (Fsp3) is 0.357. The maximum absolute atomic E-state index is 6.35. The van der Waals surface area contributed by atoms with Gasteiger partial charge in [0, 0.05) is 17.1 Å². The van der Waals surface area contributed by atoms with Gasteiger partial charge in [-0.15, -0.1) is 0 Å². The second-order valence-corrected chi connectivity index (χ2v) is 5.49. The molecular weight excluding hydrogens is 306 g/mol. The minimum absolute atomic E-state index is 0.439. The number of rotatable bonds is 4. The smallest absolute Gasteiger partial charge is 0.122 e. The van der Waals surface area contributed by atoms with Crippen molar-refractivity contribution in [2.24, 2.45) is 16.5 Å². The van der Waals surface area contributed by atoms with Gasteiger partial charge in [0.25, 0.3) is 0 Å². The number of halogens is 1. The first kappa shape index (κ1) is 14.2. The Morgan fingerprint density at radius 3 is 2.95 bits per heavy atom. The topological polar surface area (TPSA) is 73.6 Å². The Kier molecular flexibility index (Phi) is 4.39. The highest BCUT2D eigenvalue weighted by molar-refractivity contribution is 9.10. The summed E-state index contributed by atoms with van der Waals surface area (Å²) in [5.74, 6) is 0.839. The molecule has 4 N–H and O–H groups in total. The van der Waals surface area contributed by atoms with Crippen molar-refractivity contribution in [3.63, 3.8) is 0 Å². The molecule has 2 rings (SSSR count). The van der Waals surface area contributed by atoms with E-state index in [-0.39, 0.29) is 0 Å². The van der Waals surface area contributed by atoms with Crippen molar-refractivity contribution in [1.29, 1.82) is 0 Å². The molecule has 1 heterocycles. The van der Waals surface area contributed by atoms with Crippen molar-refractivity contribution in [1.82, 2.24) is 0 Å². The van der Waals surface area contributed by atoms with E-state index in [1.807, 2.05) is 37.3 Å². The SMILES string of the molecule is CCOc1ccc(Br)cc1CC1(N)C=CC=NC1N. The molecule has 19 heavy (non-hydrogen) atoms. The second kappa shape index (κ2) is 5.86. The molecule has 2 unspecified atom stereocenters. The third kappa shape index (κ3) is 3.23. The lowest BCUT2D eigenvalue weighted by molar-refractivity contribution is 0.331. The van der Waals surface area contributed by atoms with Gasteiger partial charge in [-0.3, -0.25) is 4.99 Å². The average Bonchev–Trinajstić information content (AvgIpc) is 2.37. The molecule has 0 saturated carbocycles. The molecule has 0 saturated heterocycles. The van der Waals surface area contributed by atoms with E-state index < -0.39 is 11.7 Å². The maximum Gasteiger partial charge on any atom is 0.122 e. The summed E-state index contributed by atoms with van der Waals surface area (Å²) in [6, 6.07) is 5.90. The minimum Gasteiger partial charge on any atom is -0.494 e. The Morgan fingerprint density at radius 2 is 2.26 bits per heavy atom. The van der Waals surface area contributed by atoms with Gasteiger partial charge in [-0.25, -0.2) is 0 Å². The highest BCUT2D eigenvalue weighted by atomic mass is 79.9. The van der Waals surface area contributed by atoms with Crippen molar-refractivity contribution in [2.45, 2.75) is 25.0 Å². The third-order valence-corrected chi connectivity index (χ3v) is 3.60. The summed E-state index contributed by atoms with van der Waals surface area (Å²) < 4.78 is 6.63. The van der Waals surface area contributed by atoms with Crippen LogP contribution in [0.5, 0.6) is 5.75 Å². The number of aliphatic imine (C=N–C) groups is 1. The standard InChI is InChI=1S/C14H18BrN3O/c1-2-19-12-5-4-11(15)8-10(12)9-14(17)6-3-7-18-13(14)16/h3-8,13H,2,9,16-17H2,1H3. The van der Waals surface area contributed by atoms with Crippen molar-refractivity contribution in [3.8, 4) is 5.75 Å². The predicted octanol–water partition coefficient (Wildman–Crippen LogP) is 2.01. The van der Waals surface area contributed by atoms with Gasteiger partial charge in [0.05, 0.1) is 12.1 Å². The van der Waals surface area contributed by atoms with Crippen LogP contribution in [0.4, 0.5) is 0 Å². The van der Waals surface area contributed by atoms with Gasteiger partial charge in [-0.1, -0.05) is 22.0 Å². The van der Waals surface area contributed by atoms with E-state index in [4.69, 9.17) is 16.2 Å². The van der Waals surface area contributed by atoms with Crippen molar-refractivity contribution < 1.29 is 4.74 Å². The number of ether oxygens (including phenoxy) is 1. The molecule has 5 heteroatoms. The maximum atomic E-state index is 6.35. The molecule has 0 aromatic heterocycles. The molecule has 0 aliphatic carbocycles. The molecule has 1 aliphatic heterocycles. The number of benzene rings is 1. The van der Waals surface area contributed by atoms with Gasteiger partial charge in [0.1, 0.15) is 11.9 Å². The van der Waals surface area contributed by atoms with Gasteiger partial charge in [0.2, 0.25) is 0 Å². The number of hydrogen-bond donors (Lipinski definition) is 2. The van der Waals surface area contributed by atoms with Gasteiger partial charge in [0.15, 0.2) is 0 Å². The lowest BCUT2D eigenvalue weighted by Crippen LogP contribution is -2.55. The van der Waals surface area contributed by atoms with Crippen molar-refractivity contribution in [2.75, 3.05) is 6.61 Å². The number of nitrogens with two attached hydrogens (primary N) is 2. The summed E-state index contributed by atoms with van der Waals surface area (Å²) in [6.07, 6.45) is 5.56. The van der Waals surface area contributed by atoms with Crippen LogP contribution in [0.25, 0.3) is 0 Å². The van der Waals surface area contributed by atoms with Crippen LogP contribution in [0, 0.1) is 0 Å². The van der Waals surface area contributed by atoms with Crippen molar-refractivity contribution >= 4 is 22.1 Å². The molecule has 2 atom stereocenters. The summed E-state index contributed by atoms with van der Waals surface area (Å²) in [5.41, 5.74) is 12.7. The first-order chi connectivity index (χ1) is 9.05. The average molecular weight is 324 g/mol. The predicted molar refractivity (Wildman–Crippen MR) is 81.5 cm³/mol. The summed E-state index contributed by atoms with van der Waals surface area (Å²) in [4.78, 5) is 4.17. The van der Waals surface area contributed by atoms with E-state index in [0.29, 0.717) is 13.0 Å². The Bertz CT molecular complexity index is 515. The first-order valence-electron chi connectivity index (χ1n) is 6.22. The lowest BCUT2D eigenvalue weighted by atomic mass is 9.87. The number of nitrogens with zero attached hydrogens (tertiary/aromatic N) is 1. The molecule has 0 spiro atoms. The van der Waals surface area contributed by atoms with Crippen LogP contribution in [0.3, 0.4) is 0 Å². The number of dihydropyridines is 1. The zero-order valence-corrected chi connectivity index (χ0v) is 12.4. The molecule has 1 aliphatic rings. The zero-order chi connectivity index (χ0) is 13.9. The van der Waals surface area contributed by atoms with E-state index in [9.17, 15) is 0 Å². The van der Waals surface area contributed by atoms with E-state index in [0.717, 1.165) is 15.8 Å². The van der Waals surface area contributed by atoms with E-state index in [1.54, 1.807) is 6.21 Å². The lowest BCUT2D eigenvalue weighted by Gasteiger charge is -2.32. The quantitative estimate of drug-likeness (QED) is 0.890. The molecule has 0 bridgehead atoms. The highest BCUT2D eigenvalue weighted by Gasteiger charge is 2.32. The molecule has 1 aromatic carbocycles. The fourth-order valence-electron chi connectivity index (χ4n) is 2.08. The molecule has 4 nitrogen and oxygen atoms in total. The Balaban J connectivity index is 2.29. The third-order valence-electron chi connectivity index (χ3n) is 3.11. The molecule has 0 amide bonds. The summed E-state index contributed by atoms with van der Waals surface area (Å²) >= 11 is 3.47. The van der Waals surface area contributed by atoms with Gasteiger partial charge >= 0.3 is 0 Å². The van der Waals surface area contributed by atoms with Crippen LogP contribution in [-0.4, -0.2) is 24.5 Å². The zero-order valence-electron chi connectivity index (χ0n) is 10.8. The summed E-state index contributed by atoms with van der Waals surface area (Å²) in [7, 11) is 0. The fourth-order valence-corrected chi connectivity index (χ4v) is 2.49. The molecule has 102 valence electrons. The summed E-state index contributed by atoms with van der Waals surface area (Å²) in [6.45, 7) is 2.58. The van der Waals surface area contributed by atoms with Crippen LogP contribution >= 0.6 is 15.9 Å². The largest absolute Gasteiger partial charge is 0.494 e. The van der Waals surface area contributed by atoms with E-state index in [2.05, 4.69) is 20.9 Å². The molecule has 0 radical (unpaired) electrons. The number of allylic oxidation sites excluding steroid dienone is 1. The molecule has 1 aromatic rings. The summed E-state index contributed by atoms with van der Waals surface area (Å²) in [5, 5.41) is 0. The van der Waals surface area contributed by atoms with E-state index in [1.165, 1.54) is 0 Å². The number of hydrogen-bond acceptors (Lipinski definition) is 4. The highest BCUT2D eigenvalue weighted by Crippen LogP contribution is 2.28. The Morgan fingerprint density at radius 1 is 1.47 bits per heavy atom. The monoisotopic (exact) mass is 323 g/mol. The second-order valence-electron chi connectivity index (χ2n) is 4.58. The van der Waals surface area contributed by atoms with Crippen molar-refractivity contribution in [3.05, 3.63) is 40.4 Å².